The van der Waals surface area contributed by atoms with Gasteiger partial charge in [-0.2, -0.15) is 0 Å². The molecule has 0 saturated heterocycles. The zero-order valence-electron chi connectivity index (χ0n) is 9.50. The lowest BCUT2D eigenvalue weighted by Crippen LogP contribution is -2.02. The van der Waals surface area contributed by atoms with Gasteiger partial charge in [-0.1, -0.05) is 11.6 Å². The molecule has 0 heterocycles. The smallest absolute Gasteiger partial charge is 0.334 e. The van der Waals surface area contributed by atoms with Gasteiger partial charge in [0.05, 0.1) is 19.8 Å². The van der Waals surface area contributed by atoms with Crippen molar-refractivity contribution in [2.45, 2.75) is 6.92 Å². The topological polar surface area (TPSA) is 35.5 Å². The number of ether oxygens (including phenoxy) is 2. The van der Waals surface area contributed by atoms with Crippen molar-refractivity contribution in [1.82, 2.24) is 0 Å². The van der Waals surface area contributed by atoms with E-state index in [0.29, 0.717) is 5.56 Å². The van der Waals surface area contributed by atoms with E-state index in [2.05, 4.69) is 0 Å². The predicted octanol–water partition coefficient (Wildman–Crippen LogP) is 3.03. The summed E-state index contributed by atoms with van der Waals surface area (Å²) in [6, 6.07) is 3.89. The lowest BCUT2D eigenvalue weighted by molar-refractivity contribution is -0.137. The lowest BCUT2D eigenvalue weighted by Gasteiger charge is -2.07. The fourth-order valence-corrected chi connectivity index (χ4v) is 1.47. The molecule has 0 aliphatic heterocycles. The fourth-order valence-electron chi connectivity index (χ4n) is 1.25. The van der Waals surface area contributed by atoms with Gasteiger partial charge in [-0.05, 0) is 25.1 Å². The Morgan fingerprint density at radius 3 is 2.71 bits per heavy atom. The maximum absolute atomic E-state index is 13.1. The summed E-state index contributed by atoms with van der Waals surface area (Å²) >= 11 is 5.71. The standard InChI is InChI=1S/C12H12ClFO3/c1-3-17-12(15)7-11(16-2)8-4-9(13)6-10(14)5-8/h4-7H,3H2,1-2H3/b11-7-. The van der Waals surface area contributed by atoms with Crippen LogP contribution in [-0.2, 0) is 14.3 Å². The second-order valence-corrected chi connectivity index (χ2v) is 3.56. The molecule has 0 fully saturated rings. The Balaban J connectivity index is 3.04. The second-order valence-electron chi connectivity index (χ2n) is 3.12. The Labute approximate surface area is 104 Å². The molecule has 1 aromatic rings. The zero-order chi connectivity index (χ0) is 12.8. The Hall–Kier alpha value is -1.55. The van der Waals surface area contributed by atoms with Crippen LogP contribution in [0.1, 0.15) is 12.5 Å². The highest BCUT2D eigenvalue weighted by molar-refractivity contribution is 6.30. The van der Waals surface area contributed by atoms with Gasteiger partial charge in [0.25, 0.3) is 0 Å². The van der Waals surface area contributed by atoms with Gasteiger partial charge in [-0.3, -0.25) is 0 Å². The van der Waals surface area contributed by atoms with E-state index in [1.807, 2.05) is 0 Å². The molecule has 0 atom stereocenters. The number of halogens is 2. The van der Waals surface area contributed by atoms with Crippen molar-refractivity contribution < 1.29 is 18.7 Å². The number of carbonyl (C=O) groups is 1. The molecule has 0 spiro atoms. The molecule has 92 valence electrons. The van der Waals surface area contributed by atoms with E-state index in [9.17, 15) is 9.18 Å². The first-order chi connectivity index (χ1) is 8.06. The molecule has 5 heteroatoms. The largest absolute Gasteiger partial charge is 0.496 e. The van der Waals surface area contributed by atoms with E-state index >= 15 is 0 Å². The number of hydrogen-bond acceptors (Lipinski definition) is 3. The molecule has 0 aliphatic carbocycles. The highest BCUT2D eigenvalue weighted by atomic mass is 35.5. The van der Waals surface area contributed by atoms with Crippen LogP contribution in [0.2, 0.25) is 5.02 Å². The van der Waals surface area contributed by atoms with Gasteiger partial charge in [0.1, 0.15) is 11.6 Å². The molecule has 0 aromatic heterocycles. The molecule has 3 nitrogen and oxygen atoms in total. The second kappa shape index (κ2) is 6.25. The van der Waals surface area contributed by atoms with E-state index < -0.39 is 11.8 Å². The van der Waals surface area contributed by atoms with Gasteiger partial charge in [-0.15, -0.1) is 0 Å². The number of hydrogen-bond donors (Lipinski definition) is 0. The van der Waals surface area contributed by atoms with Gasteiger partial charge in [0.15, 0.2) is 0 Å². The molecule has 0 N–H and O–H groups in total. The van der Waals surface area contributed by atoms with Crippen molar-refractivity contribution in [3.63, 3.8) is 0 Å². The summed E-state index contributed by atoms with van der Waals surface area (Å²) in [6.45, 7) is 1.95. The molecule has 0 saturated carbocycles. The summed E-state index contributed by atoms with van der Waals surface area (Å²) < 4.78 is 22.9. The Morgan fingerprint density at radius 2 is 2.18 bits per heavy atom. The van der Waals surface area contributed by atoms with Crippen LogP contribution in [0.15, 0.2) is 24.3 Å². The van der Waals surface area contributed by atoms with E-state index in [0.717, 1.165) is 6.08 Å². The molecule has 17 heavy (non-hydrogen) atoms. The highest BCUT2D eigenvalue weighted by Crippen LogP contribution is 2.21. The summed E-state index contributed by atoms with van der Waals surface area (Å²) in [4.78, 5) is 11.3. The molecular formula is C12H12ClFO3. The third-order valence-electron chi connectivity index (χ3n) is 1.90. The van der Waals surface area contributed by atoms with Crippen LogP contribution in [0.4, 0.5) is 4.39 Å². The van der Waals surface area contributed by atoms with Gasteiger partial charge in [0.2, 0.25) is 0 Å². The summed E-state index contributed by atoms with van der Waals surface area (Å²) in [6.07, 6.45) is 1.15. The maximum atomic E-state index is 13.1. The number of methoxy groups -OCH3 is 1. The van der Waals surface area contributed by atoms with E-state index in [1.165, 1.54) is 25.3 Å². The van der Waals surface area contributed by atoms with E-state index in [-0.39, 0.29) is 17.4 Å². The van der Waals surface area contributed by atoms with Crippen molar-refractivity contribution in [2.24, 2.45) is 0 Å². The number of esters is 1. The van der Waals surface area contributed by atoms with Gasteiger partial charge in [-0.25, -0.2) is 9.18 Å². The van der Waals surface area contributed by atoms with Gasteiger partial charge >= 0.3 is 5.97 Å². The number of rotatable bonds is 4. The fraction of sp³-hybridized carbons (Fsp3) is 0.250. The van der Waals surface area contributed by atoms with Gasteiger partial charge in [0, 0.05) is 10.6 Å². The van der Waals surface area contributed by atoms with Crippen LogP contribution in [0, 0.1) is 5.82 Å². The predicted molar refractivity (Wildman–Crippen MR) is 63.0 cm³/mol. The third-order valence-corrected chi connectivity index (χ3v) is 2.12. The van der Waals surface area contributed by atoms with Crippen LogP contribution >= 0.6 is 11.6 Å². The first-order valence-corrected chi connectivity index (χ1v) is 5.33. The molecule has 0 radical (unpaired) electrons. The first-order valence-electron chi connectivity index (χ1n) is 4.95. The zero-order valence-corrected chi connectivity index (χ0v) is 10.3. The molecule has 0 bridgehead atoms. The third kappa shape index (κ3) is 4.07. The monoisotopic (exact) mass is 258 g/mol. The van der Waals surface area contributed by atoms with Crippen LogP contribution in [0.25, 0.3) is 5.76 Å². The van der Waals surface area contributed by atoms with E-state index in [1.54, 1.807) is 6.92 Å². The first kappa shape index (κ1) is 13.5. The minimum Gasteiger partial charge on any atom is -0.496 e. The summed E-state index contributed by atoms with van der Waals surface area (Å²) in [7, 11) is 1.38. The van der Waals surface area contributed by atoms with Gasteiger partial charge < -0.3 is 9.47 Å². The van der Waals surface area contributed by atoms with Crippen molar-refractivity contribution >= 4 is 23.3 Å². The molecule has 0 amide bonds. The van der Waals surface area contributed by atoms with Crippen LogP contribution < -0.4 is 0 Å². The van der Waals surface area contributed by atoms with Crippen LogP contribution in [0.3, 0.4) is 0 Å². The highest BCUT2D eigenvalue weighted by Gasteiger charge is 2.08. The van der Waals surface area contributed by atoms with Crippen molar-refractivity contribution in [2.75, 3.05) is 13.7 Å². The van der Waals surface area contributed by atoms with Crippen LogP contribution in [0.5, 0.6) is 0 Å². The summed E-state index contributed by atoms with van der Waals surface area (Å²) in [5, 5.41) is 0.229. The number of carbonyl (C=O) groups excluding carboxylic acids is 1. The normalized spacial score (nSPS) is 11.2. The van der Waals surface area contributed by atoms with Crippen molar-refractivity contribution in [3.05, 3.63) is 40.7 Å². The lowest BCUT2D eigenvalue weighted by atomic mass is 10.1. The van der Waals surface area contributed by atoms with Crippen molar-refractivity contribution in [3.8, 4) is 0 Å². The van der Waals surface area contributed by atoms with Crippen LogP contribution in [-0.4, -0.2) is 19.7 Å². The van der Waals surface area contributed by atoms with E-state index in [4.69, 9.17) is 21.1 Å². The quantitative estimate of drug-likeness (QED) is 0.473. The molecule has 0 aliphatic rings. The Kier molecular flexibility index (Phi) is 4.97. The molecule has 1 rings (SSSR count). The Morgan fingerprint density at radius 1 is 1.47 bits per heavy atom. The summed E-state index contributed by atoms with van der Waals surface area (Å²) in [5.74, 6) is -0.853. The average Bonchev–Trinajstić information content (AvgIpc) is 2.24. The number of benzene rings is 1. The molecular weight excluding hydrogens is 247 g/mol. The Bertz CT molecular complexity index is 423. The minimum absolute atomic E-state index is 0.199. The maximum Gasteiger partial charge on any atom is 0.334 e. The minimum atomic E-state index is -0.551. The molecule has 1 aromatic carbocycles. The summed E-state index contributed by atoms with van der Waals surface area (Å²) in [5.41, 5.74) is 0.380. The average molecular weight is 259 g/mol. The van der Waals surface area contributed by atoms with Crippen molar-refractivity contribution in [1.29, 1.82) is 0 Å². The SMILES string of the molecule is CCOC(=O)/C=C(\OC)c1cc(F)cc(Cl)c1. The molecule has 0 unspecified atom stereocenters.